The maximum atomic E-state index is 4.47. The topological polar surface area (TPSA) is 12.4 Å². The maximum absolute atomic E-state index is 4.47. The van der Waals surface area contributed by atoms with Crippen molar-refractivity contribution >= 4 is 5.71 Å². The third-order valence-corrected chi connectivity index (χ3v) is 2.22. The normalized spacial score (nSPS) is 15.1. The van der Waals surface area contributed by atoms with Gasteiger partial charge in [-0.25, -0.2) is 0 Å². The molecule has 0 bridgehead atoms. The van der Waals surface area contributed by atoms with Gasteiger partial charge in [-0.05, 0) is 18.6 Å². The number of allylic oxidation sites excluding steroid dienone is 3. The lowest BCUT2D eigenvalue weighted by Gasteiger charge is -2.00. The standard InChI is InChI=1S/C13H13N/c1-11-6-8-12(9-7-11)13-5-3-2-4-10-14-13/h2-9H,10H2,1H3. The van der Waals surface area contributed by atoms with Gasteiger partial charge in [-0.2, -0.15) is 0 Å². The van der Waals surface area contributed by atoms with Crippen molar-refractivity contribution < 1.29 is 0 Å². The van der Waals surface area contributed by atoms with Crippen LogP contribution in [0.4, 0.5) is 0 Å². The fourth-order valence-electron chi connectivity index (χ4n) is 1.40. The molecule has 0 amide bonds. The number of benzene rings is 1. The monoisotopic (exact) mass is 183 g/mol. The van der Waals surface area contributed by atoms with E-state index < -0.39 is 0 Å². The molecule has 70 valence electrons. The Hall–Kier alpha value is -1.63. The van der Waals surface area contributed by atoms with E-state index >= 15 is 0 Å². The van der Waals surface area contributed by atoms with Gasteiger partial charge in [-0.15, -0.1) is 0 Å². The predicted octanol–water partition coefficient (Wildman–Crippen LogP) is 2.91. The lowest BCUT2D eigenvalue weighted by atomic mass is 10.1. The third kappa shape index (κ3) is 1.99. The predicted molar refractivity (Wildman–Crippen MR) is 60.9 cm³/mol. The molecule has 2 rings (SSSR count). The van der Waals surface area contributed by atoms with Gasteiger partial charge < -0.3 is 0 Å². The Morgan fingerprint density at radius 2 is 1.86 bits per heavy atom. The van der Waals surface area contributed by atoms with Gasteiger partial charge in [0.25, 0.3) is 0 Å². The molecule has 1 aliphatic heterocycles. The number of nitrogens with zero attached hydrogens (tertiary/aromatic N) is 1. The summed E-state index contributed by atoms with van der Waals surface area (Å²) in [5.74, 6) is 0. The summed E-state index contributed by atoms with van der Waals surface area (Å²) in [6.45, 7) is 2.87. The van der Waals surface area contributed by atoms with Gasteiger partial charge >= 0.3 is 0 Å². The van der Waals surface area contributed by atoms with E-state index in [0.29, 0.717) is 0 Å². The number of hydrogen-bond acceptors (Lipinski definition) is 1. The summed E-state index contributed by atoms with van der Waals surface area (Å²) >= 11 is 0. The molecule has 0 N–H and O–H groups in total. The molecule has 1 heteroatoms. The van der Waals surface area contributed by atoms with Crippen molar-refractivity contribution in [2.75, 3.05) is 6.54 Å². The molecule has 0 spiro atoms. The van der Waals surface area contributed by atoms with Crippen molar-refractivity contribution in [3.63, 3.8) is 0 Å². The summed E-state index contributed by atoms with van der Waals surface area (Å²) < 4.78 is 0. The molecule has 0 saturated carbocycles. The molecule has 1 aromatic rings. The summed E-state index contributed by atoms with van der Waals surface area (Å²) in [5.41, 5.74) is 3.54. The van der Waals surface area contributed by atoms with Gasteiger partial charge in [-0.1, -0.05) is 48.1 Å². The fourth-order valence-corrected chi connectivity index (χ4v) is 1.40. The van der Waals surface area contributed by atoms with Crippen molar-refractivity contribution in [1.29, 1.82) is 0 Å². The van der Waals surface area contributed by atoms with Gasteiger partial charge in [0.2, 0.25) is 0 Å². The molecule has 0 radical (unpaired) electrons. The highest BCUT2D eigenvalue weighted by atomic mass is 14.7. The van der Waals surface area contributed by atoms with Crippen molar-refractivity contribution in [3.8, 4) is 0 Å². The highest BCUT2D eigenvalue weighted by Gasteiger charge is 1.99. The van der Waals surface area contributed by atoms with E-state index in [1.165, 1.54) is 11.1 Å². The number of aryl methyl sites for hydroxylation is 1. The molecule has 0 aliphatic carbocycles. The second kappa shape index (κ2) is 4.05. The molecule has 1 aromatic carbocycles. The van der Waals surface area contributed by atoms with Gasteiger partial charge in [0.15, 0.2) is 0 Å². The molecule has 0 saturated heterocycles. The van der Waals surface area contributed by atoms with Gasteiger partial charge in [-0.3, -0.25) is 4.99 Å². The minimum absolute atomic E-state index is 0.774. The molecule has 0 atom stereocenters. The average Bonchev–Trinajstić information content (AvgIpc) is 2.47. The van der Waals surface area contributed by atoms with Crippen LogP contribution in [-0.4, -0.2) is 12.3 Å². The Morgan fingerprint density at radius 1 is 1.07 bits per heavy atom. The second-order valence-corrected chi connectivity index (χ2v) is 3.38. The van der Waals surface area contributed by atoms with Crippen molar-refractivity contribution in [1.82, 2.24) is 0 Å². The molecular weight excluding hydrogens is 170 g/mol. The van der Waals surface area contributed by atoms with Crippen molar-refractivity contribution in [2.24, 2.45) is 4.99 Å². The maximum Gasteiger partial charge on any atom is 0.0650 e. The number of aliphatic imine (C=N–C) groups is 1. The summed E-state index contributed by atoms with van der Waals surface area (Å²) in [6.07, 6.45) is 8.17. The van der Waals surface area contributed by atoms with Crippen LogP contribution in [0.25, 0.3) is 0 Å². The largest absolute Gasteiger partial charge is 0.281 e. The number of hydrogen-bond donors (Lipinski definition) is 0. The van der Waals surface area contributed by atoms with Crippen molar-refractivity contribution in [3.05, 3.63) is 59.7 Å². The zero-order valence-corrected chi connectivity index (χ0v) is 8.27. The summed E-state index contributed by atoms with van der Waals surface area (Å²) in [7, 11) is 0. The van der Waals surface area contributed by atoms with Gasteiger partial charge in [0.05, 0.1) is 12.3 Å². The molecule has 0 unspecified atom stereocenters. The zero-order valence-electron chi connectivity index (χ0n) is 8.27. The van der Waals surface area contributed by atoms with Crippen LogP contribution in [0.5, 0.6) is 0 Å². The molecule has 1 heterocycles. The first-order valence-corrected chi connectivity index (χ1v) is 4.81. The van der Waals surface area contributed by atoms with Crippen molar-refractivity contribution in [2.45, 2.75) is 6.92 Å². The quantitative estimate of drug-likeness (QED) is 0.634. The van der Waals surface area contributed by atoms with Crippen LogP contribution >= 0.6 is 0 Å². The summed E-state index contributed by atoms with van der Waals surface area (Å²) in [6, 6.07) is 8.46. The lowest BCUT2D eigenvalue weighted by molar-refractivity contribution is 1.25. The minimum atomic E-state index is 0.774. The van der Waals surface area contributed by atoms with Crippen LogP contribution in [-0.2, 0) is 0 Å². The van der Waals surface area contributed by atoms with Gasteiger partial charge in [0, 0.05) is 0 Å². The van der Waals surface area contributed by atoms with E-state index in [1.807, 2.05) is 18.2 Å². The van der Waals surface area contributed by atoms with Crippen LogP contribution in [0.1, 0.15) is 11.1 Å². The Morgan fingerprint density at radius 3 is 2.64 bits per heavy atom. The highest BCUT2D eigenvalue weighted by molar-refractivity contribution is 6.09. The fraction of sp³-hybridized carbons (Fsp3) is 0.154. The lowest BCUT2D eigenvalue weighted by Crippen LogP contribution is -1.96. The molecule has 14 heavy (non-hydrogen) atoms. The van der Waals surface area contributed by atoms with E-state index in [4.69, 9.17) is 0 Å². The summed E-state index contributed by atoms with van der Waals surface area (Å²) in [5, 5.41) is 0. The molecule has 0 fully saturated rings. The third-order valence-electron chi connectivity index (χ3n) is 2.22. The molecule has 1 nitrogen and oxygen atoms in total. The van der Waals surface area contributed by atoms with E-state index in [9.17, 15) is 0 Å². The Balaban J connectivity index is 2.31. The minimum Gasteiger partial charge on any atom is -0.281 e. The highest BCUT2D eigenvalue weighted by Crippen LogP contribution is 2.07. The van der Waals surface area contributed by atoms with E-state index in [2.05, 4.69) is 42.3 Å². The van der Waals surface area contributed by atoms with Crippen LogP contribution in [0, 0.1) is 6.92 Å². The molecule has 0 aromatic heterocycles. The molecular formula is C13H13N. The number of rotatable bonds is 1. The van der Waals surface area contributed by atoms with Crippen LogP contribution in [0.3, 0.4) is 0 Å². The zero-order chi connectivity index (χ0) is 9.80. The Labute approximate surface area is 84.5 Å². The molecule has 1 aliphatic rings. The van der Waals surface area contributed by atoms with Gasteiger partial charge in [0.1, 0.15) is 0 Å². The van der Waals surface area contributed by atoms with Crippen LogP contribution in [0.2, 0.25) is 0 Å². The smallest absolute Gasteiger partial charge is 0.0650 e. The first-order valence-electron chi connectivity index (χ1n) is 4.81. The van der Waals surface area contributed by atoms with E-state index in [0.717, 1.165) is 12.3 Å². The average molecular weight is 183 g/mol. The Bertz CT molecular complexity index is 394. The first kappa shape index (κ1) is 8.95. The first-order chi connectivity index (χ1) is 6.86. The Kier molecular flexibility index (Phi) is 2.59. The van der Waals surface area contributed by atoms with Crippen LogP contribution < -0.4 is 0 Å². The SMILES string of the molecule is Cc1ccc(C2=NCC=CC=C2)cc1. The second-order valence-electron chi connectivity index (χ2n) is 3.38. The van der Waals surface area contributed by atoms with E-state index in [1.54, 1.807) is 0 Å². The van der Waals surface area contributed by atoms with Crippen LogP contribution in [0.15, 0.2) is 53.6 Å². The van der Waals surface area contributed by atoms with E-state index in [-0.39, 0.29) is 0 Å². The summed E-state index contributed by atoms with van der Waals surface area (Å²) in [4.78, 5) is 4.47.